The van der Waals surface area contributed by atoms with Crippen LogP contribution in [0.2, 0.25) is 0 Å². The summed E-state index contributed by atoms with van der Waals surface area (Å²) in [5.74, 6) is 0. The number of nitrogens with one attached hydrogen (secondary N) is 2. The van der Waals surface area contributed by atoms with Crippen LogP contribution >= 0.6 is 0 Å². The van der Waals surface area contributed by atoms with Crippen LogP contribution in [-0.2, 0) is 45.2 Å². The summed E-state index contributed by atoms with van der Waals surface area (Å²) in [5.41, 5.74) is 5.81. The van der Waals surface area contributed by atoms with Gasteiger partial charge in [0.2, 0.25) is 0 Å². The van der Waals surface area contributed by atoms with Gasteiger partial charge in [-0.05, 0) is 73.4 Å². The van der Waals surface area contributed by atoms with Crippen molar-refractivity contribution in [3.8, 4) is 0 Å². The largest absolute Gasteiger partial charge is 0.396 e. The lowest BCUT2D eigenvalue weighted by Gasteiger charge is -2.46. The number of aromatic amines is 1. The van der Waals surface area contributed by atoms with Gasteiger partial charge in [-0.25, -0.2) is 0 Å². The number of aliphatic hydroxyl groups excluding tert-OH is 1. The van der Waals surface area contributed by atoms with Gasteiger partial charge < -0.3 is 34.4 Å². The molecule has 0 spiro atoms. The molecular formula is C43H52N2O5. The Bertz CT molecular complexity index is 1650. The second-order valence-corrected chi connectivity index (χ2v) is 13.2. The SMILES string of the molecule is OCCCCCNC[C@H]1O[C@@H](CCCc2c[nH]c3ccccc23)[C@H](OCc2ccccc2)[C@@H](OCc2ccccc2)[C@@H]1OCc1ccccc1. The van der Waals surface area contributed by atoms with Crippen LogP contribution in [0.5, 0.6) is 0 Å². The molecule has 7 nitrogen and oxygen atoms in total. The summed E-state index contributed by atoms with van der Waals surface area (Å²) < 4.78 is 27.6. The molecular weight excluding hydrogens is 624 g/mol. The molecule has 4 aromatic carbocycles. The fourth-order valence-electron chi connectivity index (χ4n) is 6.90. The highest BCUT2D eigenvalue weighted by Gasteiger charge is 2.47. The van der Waals surface area contributed by atoms with Crippen molar-refractivity contribution in [1.29, 1.82) is 0 Å². The van der Waals surface area contributed by atoms with Gasteiger partial charge in [0.05, 0.1) is 32.0 Å². The lowest BCUT2D eigenvalue weighted by Crippen LogP contribution is -2.62. The molecule has 264 valence electrons. The zero-order chi connectivity index (χ0) is 34.2. The van der Waals surface area contributed by atoms with Crippen LogP contribution in [0, 0.1) is 0 Å². The van der Waals surface area contributed by atoms with Crippen molar-refractivity contribution < 1.29 is 24.1 Å². The number of aryl methyl sites for hydroxylation is 1. The van der Waals surface area contributed by atoms with E-state index in [9.17, 15) is 5.11 Å². The number of aliphatic hydroxyl groups is 1. The smallest absolute Gasteiger partial charge is 0.115 e. The van der Waals surface area contributed by atoms with Gasteiger partial charge in [0.15, 0.2) is 0 Å². The number of aromatic nitrogens is 1. The molecule has 50 heavy (non-hydrogen) atoms. The van der Waals surface area contributed by atoms with Gasteiger partial charge in [-0.1, -0.05) is 109 Å². The second kappa shape index (κ2) is 19.5. The van der Waals surface area contributed by atoms with Gasteiger partial charge in [0.25, 0.3) is 0 Å². The third kappa shape index (κ3) is 10.4. The maximum Gasteiger partial charge on any atom is 0.115 e. The Hall–Kier alpha value is -3.82. The van der Waals surface area contributed by atoms with Gasteiger partial charge in [0, 0.05) is 30.3 Å². The number of unbranched alkanes of at least 4 members (excludes halogenated alkanes) is 2. The number of hydrogen-bond donors (Lipinski definition) is 3. The molecule has 2 heterocycles. The van der Waals surface area contributed by atoms with Gasteiger partial charge in [0.1, 0.15) is 18.3 Å². The highest BCUT2D eigenvalue weighted by Crippen LogP contribution is 2.33. The fourth-order valence-corrected chi connectivity index (χ4v) is 6.90. The van der Waals surface area contributed by atoms with Crippen LogP contribution in [0.1, 0.15) is 54.4 Å². The standard InChI is InChI=1S/C43H52N2O5/c46-27-14-4-13-26-44-29-40-42(48-31-34-18-7-2-8-19-34)43(49-32-35-20-9-3-10-21-35)41(47-30-33-16-5-1-6-17-33)39(50-40)25-15-22-36-28-45-38-24-12-11-23-37(36)38/h1-3,5-12,16-21,23-24,28,39-46H,4,13-15,22,25-27,29-32H2/t39-,40+,41-,42+,43+/m0/s1. The number of fused-ring (bicyclic) bond motifs is 1. The van der Waals surface area contributed by atoms with Crippen LogP contribution in [0.4, 0.5) is 0 Å². The summed E-state index contributed by atoms with van der Waals surface area (Å²) in [6.07, 6.45) is 6.13. The molecule has 7 heteroatoms. The number of hydrogen-bond acceptors (Lipinski definition) is 6. The van der Waals surface area contributed by atoms with Gasteiger partial charge in [-0.15, -0.1) is 0 Å². The van der Waals surface area contributed by atoms with Crippen LogP contribution < -0.4 is 5.32 Å². The lowest BCUT2D eigenvalue weighted by atomic mass is 9.90. The first-order chi connectivity index (χ1) is 24.8. The fraction of sp³-hybridized carbons (Fsp3) is 0.395. The van der Waals surface area contributed by atoms with E-state index in [0.29, 0.717) is 26.4 Å². The molecule has 3 N–H and O–H groups in total. The van der Waals surface area contributed by atoms with Crippen molar-refractivity contribution in [1.82, 2.24) is 10.3 Å². The topological polar surface area (TPSA) is 85.0 Å². The number of para-hydroxylation sites is 1. The molecule has 0 unspecified atom stereocenters. The van der Waals surface area contributed by atoms with Crippen LogP contribution in [-0.4, -0.2) is 60.3 Å². The summed E-state index contributed by atoms with van der Waals surface area (Å²) in [5, 5.41) is 14.2. The van der Waals surface area contributed by atoms with Crippen LogP contribution in [0.15, 0.2) is 121 Å². The Balaban J connectivity index is 1.26. The Morgan fingerprint density at radius 2 is 1.16 bits per heavy atom. The minimum Gasteiger partial charge on any atom is -0.396 e. The molecule has 5 aromatic rings. The van der Waals surface area contributed by atoms with Gasteiger partial charge in [-0.3, -0.25) is 0 Å². The zero-order valence-electron chi connectivity index (χ0n) is 29.0. The monoisotopic (exact) mass is 676 g/mol. The molecule has 6 rings (SSSR count). The predicted molar refractivity (Wildman–Crippen MR) is 199 cm³/mol. The Morgan fingerprint density at radius 1 is 0.600 bits per heavy atom. The molecule has 0 bridgehead atoms. The van der Waals surface area contributed by atoms with Gasteiger partial charge in [-0.2, -0.15) is 0 Å². The highest BCUT2D eigenvalue weighted by atomic mass is 16.6. The number of benzene rings is 4. The third-order valence-electron chi connectivity index (χ3n) is 9.55. The molecule has 0 radical (unpaired) electrons. The number of rotatable bonds is 20. The van der Waals surface area contributed by atoms with E-state index in [0.717, 1.165) is 61.8 Å². The van der Waals surface area contributed by atoms with Crippen molar-refractivity contribution in [2.24, 2.45) is 0 Å². The summed E-state index contributed by atoms with van der Waals surface area (Å²) >= 11 is 0. The van der Waals surface area contributed by atoms with Crippen LogP contribution in [0.3, 0.4) is 0 Å². The second-order valence-electron chi connectivity index (χ2n) is 13.2. The maximum atomic E-state index is 9.25. The molecule has 1 aliphatic heterocycles. The predicted octanol–water partition coefficient (Wildman–Crippen LogP) is 7.77. The minimum atomic E-state index is -0.366. The van der Waals surface area contributed by atoms with Crippen molar-refractivity contribution in [3.05, 3.63) is 144 Å². The van der Waals surface area contributed by atoms with Crippen molar-refractivity contribution in [3.63, 3.8) is 0 Å². The van der Waals surface area contributed by atoms with Crippen molar-refractivity contribution in [2.75, 3.05) is 19.7 Å². The van der Waals surface area contributed by atoms with Crippen LogP contribution in [0.25, 0.3) is 10.9 Å². The van der Waals surface area contributed by atoms with E-state index in [1.54, 1.807) is 0 Å². The van der Waals surface area contributed by atoms with E-state index in [1.165, 1.54) is 16.5 Å². The molecule has 0 aliphatic carbocycles. The van der Waals surface area contributed by atoms with Crippen molar-refractivity contribution in [2.45, 2.75) is 88.9 Å². The number of ether oxygens (including phenoxy) is 4. The molecule has 5 atom stereocenters. The molecule has 1 saturated heterocycles. The van der Waals surface area contributed by atoms with Crippen molar-refractivity contribution >= 4 is 10.9 Å². The van der Waals surface area contributed by atoms with Gasteiger partial charge >= 0.3 is 0 Å². The average Bonchev–Trinajstić information content (AvgIpc) is 3.58. The van der Waals surface area contributed by atoms with E-state index in [1.807, 2.05) is 54.6 Å². The molecule has 0 amide bonds. The zero-order valence-corrected chi connectivity index (χ0v) is 29.0. The highest BCUT2D eigenvalue weighted by molar-refractivity contribution is 5.83. The average molecular weight is 677 g/mol. The normalized spacial score (nSPS) is 20.7. The van der Waals surface area contributed by atoms with E-state index in [2.05, 4.69) is 77.2 Å². The first-order valence-electron chi connectivity index (χ1n) is 18.3. The Kier molecular flexibility index (Phi) is 14.1. The summed E-state index contributed by atoms with van der Waals surface area (Å²) in [7, 11) is 0. The Morgan fingerprint density at radius 3 is 1.78 bits per heavy atom. The van der Waals surface area contributed by atoms with E-state index in [4.69, 9.17) is 18.9 Å². The van der Waals surface area contributed by atoms with E-state index >= 15 is 0 Å². The summed E-state index contributed by atoms with van der Waals surface area (Å²) in [4.78, 5) is 3.43. The molecule has 0 saturated carbocycles. The summed E-state index contributed by atoms with van der Waals surface area (Å²) in [6.45, 7) is 3.06. The lowest BCUT2D eigenvalue weighted by molar-refractivity contribution is -0.264. The van der Waals surface area contributed by atoms with E-state index < -0.39 is 0 Å². The Labute approximate surface area is 296 Å². The third-order valence-corrected chi connectivity index (χ3v) is 9.55. The first kappa shape index (κ1) is 36.0. The first-order valence-corrected chi connectivity index (χ1v) is 18.3. The number of H-pyrrole nitrogens is 1. The van der Waals surface area contributed by atoms with E-state index in [-0.39, 0.29) is 37.1 Å². The molecule has 1 fully saturated rings. The molecule has 1 aromatic heterocycles. The maximum absolute atomic E-state index is 9.25. The minimum absolute atomic E-state index is 0.192. The quantitative estimate of drug-likeness (QED) is 0.0731. The summed E-state index contributed by atoms with van der Waals surface area (Å²) in [6, 6.07) is 39.4. The molecule has 1 aliphatic rings.